The second kappa shape index (κ2) is 6.83. The second-order valence-corrected chi connectivity index (χ2v) is 5.53. The lowest BCUT2D eigenvalue weighted by Gasteiger charge is -2.21. The van der Waals surface area contributed by atoms with Crippen molar-refractivity contribution in [3.8, 4) is 17.2 Å². The molecule has 126 valence electrons. The molecule has 0 N–H and O–H groups in total. The van der Waals surface area contributed by atoms with Crippen molar-refractivity contribution in [3.63, 3.8) is 0 Å². The van der Waals surface area contributed by atoms with Gasteiger partial charge in [0.05, 0.1) is 25.4 Å². The van der Waals surface area contributed by atoms with Crippen LogP contribution in [0.5, 0.6) is 11.5 Å². The largest absolute Gasteiger partial charge is 0.493 e. The lowest BCUT2D eigenvalue weighted by molar-refractivity contribution is 0.356. The van der Waals surface area contributed by atoms with Crippen LogP contribution in [-0.2, 0) is 0 Å². The van der Waals surface area contributed by atoms with E-state index in [-0.39, 0.29) is 0 Å². The Morgan fingerprint density at radius 2 is 1.58 bits per heavy atom. The van der Waals surface area contributed by atoms with Crippen molar-refractivity contribution in [2.75, 3.05) is 32.2 Å². The van der Waals surface area contributed by atoms with Crippen LogP contribution >= 0.6 is 0 Å². The lowest BCUT2D eigenvalue weighted by Crippen LogP contribution is -2.21. The van der Waals surface area contributed by atoms with Gasteiger partial charge in [0.1, 0.15) is 0 Å². The van der Waals surface area contributed by atoms with E-state index in [0.717, 1.165) is 29.7 Å². The number of nitrogens with zero attached hydrogens (tertiary/aromatic N) is 3. The molecule has 0 aliphatic heterocycles. The fraction of sp³-hybridized carbons (Fsp3) is 0.316. The Balaban J connectivity index is 1.97. The van der Waals surface area contributed by atoms with Crippen LogP contribution < -0.4 is 14.4 Å². The average Bonchev–Trinajstić information content (AvgIpc) is 3.05. The molecule has 0 spiro atoms. The summed E-state index contributed by atoms with van der Waals surface area (Å²) in [5.74, 6) is 1.40. The molecule has 0 aliphatic rings. The van der Waals surface area contributed by atoms with Crippen molar-refractivity contribution in [2.45, 2.75) is 13.8 Å². The molecule has 0 fully saturated rings. The summed E-state index contributed by atoms with van der Waals surface area (Å²) in [6, 6.07) is 12.3. The number of aromatic nitrogens is 2. The standard InChI is InChI=1S/C19H23N3O2/c1-5-21(6-2)15-7-9-16(10-8-15)22-13-14-11-18(23-3)19(24-4)12-17(14)20-22/h7-13H,5-6H2,1-4H3. The number of methoxy groups -OCH3 is 2. The molecule has 0 atom stereocenters. The smallest absolute Gasteiger partial charge is 0.162 e. The quantitative estimate of drug-likeness (QED) is 0.689. The van der Waals surface area contributed by atoms with E-state index in [4.69, 9.17) is 9.47 Å². The number of hydrogen-bond donors (Lipinski definition) is 0. The molecule has 0 aliphatic carbocycles. The van der Waals surface area contributed by atoms with Crippen molar-refractivity contribution >= 4 is 16.6 Å². The van der Waals surface area contributed by atoms with E-state index in [1.165, 1.54) is 5.69 Å². The Morgan fingerprint density at radius 3 is 2.17 bits per heavy atom. The predicted molar refractivity (Wildman–Crippen MR) is 97.7 cm³/mol. The number of anilines is 1. The van der Waals surface area contributed by atoms with Crippen molar-refractivity contribution < 1.29 is 9.47 Å². The molecule has 5 heteroatoms. The Labute approximate surface area is 142 Å². The fourth-order valence-electron chi connectivity index (χ4n) is 2.89. The minimum absolute atomic E-state index is 0.687. The van der Waals surface area contributed by atoms with Gasteiger partial charge in [0.15, 0.2) is 11.5 Å². The first kappa shape index (κ1) is 16.2. The average molecular weight is 325 g/mol. The van der Waals surface area contributed by atoms with Gasteiger partial charge in [0.2, 0.25) is 0 Å². The van der Waals surface area contributed by atoms with Crippen molar-refractivity contribution in [2.24, 2.45) is 0 Å². The normalized spacial score (nSPS) is 10.8. The van der Waals surface area contributed by atoms with Gasteiger partial charge in [0, 0.05) is 36.4 Å². The summed E-state index contributed by atoms with van der Waals surface area (Å²) < 4.78 is 12.6. The number of benzene rings is 2. The molecule has 3 rings (SSSR count). The zero-order chi connectivity index (χ0) is 17.1. The van der Waals surface area contributed by atoms with Crippen LogP contribution in [0.15, 0.2) is 42.6 Å². The van der Waals surface area contributed by atoms with E-state index in [2.05, 4.69) is 48.1 Å². The molecule has 0 amide bonds. The monoisotopic (exact) mass is 325 g/mol. The van der Waals surface area contributed by atoms with Gasteiger partial charge in [0.25, 0.3) is 0 Å². The summed E-state index contributed by atoms with van der Waals surface area (Å²) in [5.41, 5.74) is 3.13. The molecule has 2 aromatic carbocycles. The van der Waals surface area contributed by atoms with Crippen LogP contribution in [0.2, 0.25) is 0 Å². The second-order valence-electron chi connectivity index (χ2n) is 5.53. The number of rotatable bonds is 6. The highest BCUT2D eigenvalue weighted by Crippen LogP contribution is 2.32. The van der Waals surface area contributed by atoms with Gasteiger partial charge in [-0.25, -0.2) is 4.68 Å². The molecule has 3 aromatic rings. The third-order valence-electron chi connectivity index (χ3n) is 4.25. The molecular weight excluding hydrogens is 302 g/mol. The maximum absolute atomic E-state index is 5.36. The van der Waals surface area contributed by atoms with Crippen LogP contribution in [0.1, 0.15) is 13.8 Å². The highest BCUT2D eigenvalue weighted by Gasteiger charge is 2.10. The summed E-state index contributed by atoms with van der Waals surface area (Å²) in [4.78, 5) is 2.32. The number of ether oxygens (including phenoxy) is 2. The van der Waals surface area contributed by atoms with E-state index >= 15 is 0 Å². The summed E-state index contributed by atoms with van der Waals surface area (Å²) in [6.07, 6.45) is 2.00. The molecule has 1 heterocycles. The van der Waals surface area contributed by atoms with Crippen LogP contribution in [0.3, 0.4) is 0 Å². The van der Waals surface area contributed by atoms with Crippen molar-refractivity contribution in [1.29, 1.82) is 0 Å². The van der Waals surface area contributed by atoms with Crippen LogP contribution in [0.25, 0.3) is 16.6 Å². The highest BCUT2D eigenvalue weighted by molar-refractivity contribution is 5.82. The van der Waals surface area contributed by atoms with Crippen LogP contribution in [0.4, 0.5) is 5.69 Å². The van der Waals surface area contributed by atoms with Gasteiger partial charge in [-0.2, -0.15) is 5.10 Å². The molecule has 5 nitrogen and oxygen atoms in total. The maximum Gasteiger partial charge on any atom is 0.162 e. The highest BCUT2D eigenvalue weighted by atomic mass is 16.5. The molecule has 24 heavy (non-hydrogen) atoms. The first-order chi connectivity index (χ1) is 11.7. The number of hydrogen-bond acceptors (Lipinski definition) is 4. The first-order valence-corrected chi connectivity index (χ1v) is 8.17. The molecule has 0 saturated heterocycles. The molecule has 0 bridgehead atoms. The molecule has 1 aromatic heterocycles. The molecule has 0 unspecified atom stereocenters. The van der Waals surface area contributed by atoms with Gasteiger partial charge >= 0.3 is 0 Å². The fourth-order valence-corrected chi connectivity index (χ4v) is 2.89. The van der Waals surface area contributed by atoms with Gasteiger partial charge in [-0.1, -0.05) is 0 Å². The Kier molecular flexibility index (Phi) is 4.60. The lowest BCUT2D eigenvalue weighted by atomic mass is 10.2. The van der Waals surface area contributed by atoms with Crippen molar-refractivity contribution in [1.82, 2.24) is 9.78 Å². The minimum atomic E-state index is 0.687. The van der Waals surface area contributed by atoms with E-state index in [0.29, 0.717) is 11.5 Å². The van der Waals surface area contributed by atoms with Gasteiger partial charge in [-0.15, -0.1) is 0 Å². The zero-order valence-electron chi connectivity index (χ0n) is 14.6. The molecule has 0 saturated carbocycles. The maximum atomic E-state index is 5.36. The number of fused-ring (bicyclic) bond motifs is 1. The van der Waals surface area contributed by atoms with Crippen LogP contribution in [-0.4, -0.2) is 37.1 Å². The van der Waals surface area contributed by atoms with Crippen molar-refractivity contribution in [3.05, 3.63) is 42.6 Å². The first-order valence-electron chi connectivity index (χ1n) is 8.17. The Hall–Kier alpha value is -2.69. The molecular formula is C19H23N3O2. The van der Waals surface area contributed by atoms with E-state index in [9.17, 15) is 0 Å². The van der Waals surface area contributed by atoms with Gasteiger partial charge in [-0.3, -0.25) is 0 Å². The minimum Gasteiger partial charge on any atom is -0.493 e. The summed E-state index contributed by atoms with van der Waals surface area (Å²) in [5, 5.41) is 5.66. The van der Waals surface area contributed by atoms with Crippen LogP contribution in [0, 0.1) is 0 Å². The molecule has 0 radical (unpaired) electrons. The van der Waals surface area contributed by atoms with E-state index in [1.54, 1.807) is 14.2 Å². The summed E-state index contributed by atoms with van der Waals surface area (Å²) in [6.45, 7) is 6.33. The Morgan fingerprint density at radius 1 is 0.958 bits per heavy atom. The van der Waals surface area contributed by atoms with E-state index < -0.39 is 0 Å². The van der Waals surface area contributed by atoms with Gasteiger partial charge < -0.3 is 14.4 Å². The topological polar surface area (TPSA) is 39.5 Å². The summed E-state index contributed by atoms with van der Waals surface area (Å²) in [7, 11) is 3.27. The zero-order valence-corrected chi connectivity index (χ0v) is 14.6. The summed E-state index contributed by atoms with van der Waals surface area (Å²) >= 11 is 0. The van der Waals surface area contributed by atoms with Gasteiger partial charge in [-0.05, 0) is 44.2 Å². The Bertz CT molecular complexity index is 779. The predicted octanol–water partition coefficient (Wildman–Crippen LogP) is 3.89. The third-order valence-corrected chi connectivity index (χ3v) is 4.25. The third kappa shape index (κ3) is 2.89. The SMILES string of the molecule is CCN(CC)c1ccc(-n2cc3cc(OC)c(OC)cc3n2)cc1. The van der Waals surface area contributed by atoms with E-state index in [1.807, 2.05) is 23.0 Å².